The van der Waals surface area contributed by atoms with E-state index in [-0.39, 0.29) is 0 Å². The number of imidazole rings is 1. The van der Waals surface area contributed by atoms with Crippen LogP contribution in [-0.4, -0.2) is 13.8 Å². The van der Waals surface area contributed by atoms with Crippen LogP contribution in [0.1, 0.15) is 0 Å². The highest BCUT2D eigenvalue weighted by Gasteiger charge is 2.25. The number of nitrogens with zero attached hydrogens (tertiary/aromatic N) is 2. The van der Waals surface area contributed by atoms with E-state index in [0.29, 0.717) is 5.16 Å². The predicted octanol–water partition coefficient (Wildman–Crippen LogP) is 1.35. The molecule has 64 valence electrons. The summed E-state index contributed by atoms with van der Waals surface area (Å²) < 4.78 is 13.6. The largest absolute Gasteiger partial charge is 0.291 e. The second kappa shape index (κ2) is 2.29. The van der Waals surface area contributed by atoms with E-state index < -0.39 is 10.8 Å². The Morgan fingerprint density at radius 3 is 3.08 bits per heavy atom. The summed E-state index contributed by atoms with van der Waals surface area (Å²) in [6.07, 6.45) is 3.50. The zero-order chi connectivity index (χ0) is 8.84. The molecule has 0 fully saturated rings. The van der Waals surface area contributed by atoms with Gasteiger partial charge in [-0.3, -0.25) is 4.57 Å². The van der Waals surface area contributed by atoms with Crippen LogP contribution in [0.15, 0.2) is 46.7 Å². The molecule has 4 heteroatoms. The first-order valence-corrected chi connectivity index (χ1v) is 5.07. The maximum absolute atomic E-state index is 11.8. The number of para-hydroxylation sites is 1. The molecule has 0 amide bonds. The minimum Gasteiger partial charge on any atom is -0.291 e. The van der Waals surface area contributed by atoms with Crippen molar-refractivity contribution in [3.8, 4) is 5.69 Å². The lowest BCUT2D eigenvalue weighted by molar-refractivity contribution is 0.679. The van der Waals surface area contributed by atoms with Crippen molar-refractivity contribution in [3.63, 3.8) is 0 Å². The molecule has 1 atom stereocenters. The van der Waals surface area contributed by atoms with E-state index in [1.807, 2.05) is 35.0 Å². The van der Waals surface area contributed by atoms with Gasteiger partial charge in [0.05, 0.1) is 10.6 Å². The van der Waals surface area contributed by atoms with E-state index >= 15 is 0 Å². The number of benzene rings is 1. The standard InChI is InChI=1S/C9H6N2OS/c12-13-8-4-2-1-3-7(8)11-6-5-10-9(11)13/h1-6H. The van der Waals surface area contributed by atoms with Crippen LogP contribution in [0, 0.1) is 0 Å². The van der Waals surface area contributed by atoms with Gasteiger partial charge in [-0.05, 0) is 12.1 Å². The third-order valence-electron chi connectivity index (χ3n) is 2.10. The van der Waals surface area contributed by atoms with Gasteiger partial charge in [-0.15, -0.1) is 0 Å². The molecule has 0 saturated carbocycles. The van der Waals surface area contributed by atoms with E-state index in [1.54, 1.807) is 6.20 Å². The highest BCUT2D eigenvalue weighted by atomic mass is 32.2. The van der Waals surface area contributed by atoms with Gasteiger partial charge in [0.1, 0.15) is 10.8 Å². The summed E-state index contributed by atoms with van der Waals surface area (Å²) in [4.78, 5) is 4.91. The Hall–Kier alpha value is -1.42. The minimum atomic E-state index is -1.09. The van der Waals surface area contributed by atoms with E-state index in [2.05, 4.69) is 4.98 Å². The lowest BCUT2D eigenvalue weighted by Gasteiger charge is -1.96. The first-order valence-electron chi connectivity index (χ1n) is 3.92. The summed E-state index contributed by atoms with van der Waals surface area (Å²) in [5.41, 5.74) is 0.980. The van der Waals surface area contributed by atoms with Gasteiger partial charge in [0.2, 0.25) is 5.16 Å². The summed E-state index contributed by atoms with van der Waals surface area (Å²) in [6.45, 7) is 0. The molecule has 0 N–H and O–H groups in total. The van der Waals surface area contributed by atoms with E-state index in [0.717, 1.165) is 10.6 Å². The molecular weight excluding hydrogens is 184 g/mol. The van der Waals surface area contributed by atoms with Crippen LogP contribution in [0.25, 0.3) is 5.69 Å². The van der Waals surface area contributed by atoms with Crippen LogP contribution in [0.3, 0.4) is 0 Å². The Labute approximate surface area is 77.5 Å². The molecule has 2 aromatic rings. The number of hydrogen-bond acceptors (Lipinski definition) is 2. The monoisotopic (exact) mass is 190 g/mol. The highest BCUT2D eigenvalue weighted by molar-refractivity contribution is 7.85. The Bertz CT molecular complexity index is 504. The molecule has 1 aromatic carbocycles. The Balaban J connectivity index is 2.43. The quantitative estimate of drug-likeness (QED) is 0.536. The number of fused-ring (bicyclic) bond motifs is 3. The van der Waals surface area contributed by atoms with Crippen LogP contribution < -0.4 is 0 Å². The number of hydrogen-bond donors (Lipinski definition) is 0. The van der Waals surface area contributed by atoms with Gasteiger partial charge in [0.25, 0.3) is 0 Å². The summed E-state index contributed by atoms with van der Waals surface area (Å²) in [7, 11) is -1.09. The van der Waals surface area contributed by atoms with Gasteiger partial charge in [-0.25, -0.2) is 9.19 Å². The van der Waals surface area contributed by atoms with E-state index in [9.17, 15) is 4.21 Å². The van der Waals surface area contributed by atoms with Crippen molar-refractivity contribution in [3.05, 3.63) is 36.7 Å². The molecule has 0 saturated heterocycles. The average Bonchev–Trinajstić information content (AvgIpc) is 2.72. The molecule has 0 bridgehead atoms. The van der Waals surface area contributed by atoms with Gasteiger partial charge >= 0.3 is 0 Å². The fourth-order valence-electron chi connectivity index (χ4n) is 1.52. The summed E-state index contributed by atoms with van der Waals surface area (Å²) in [6, 6.07) is 7.65. The van der Waals surface area contributed by atoms with Crippen LogP contribution in [0.5, 0.6) is 0 Å². The molecule has 0 spiro atoms. The van der Waals surface area contributed by atoms with Crippen molar-refractivity contribution in [2.45, 2.75) is 10.1 Å². The minimum absolute atomic E-state index is 0.626. The molecule has 3 nitrogen and oxygen atoms in total. The molecule has 2 heterocycles. The topological polar surface area (TPSA) is 34.9 Å². The SMILES string of the molecule is O=S1c2ccccc2-n2ccnc21. The van der Waals surface area contributed by atoms with Gasteiger partial charge in [0, 0.05) is 12.4 Å². The molecule has 3 rings (SSSR count). The number of aromatic nitrogens is 2. The van der Waals surface area contributed by atoms with Crippen molar-refractivity contribution in [2.24, 2.45) is 0 Å². The highest BCUT2D eigenvalue weighted by Crippen LogP contribution is 2.30. The molecule has 0 radical (unpaired) electrons. The normalized spacial score (nSPS) is 18.3. The lowest BCUT2D eigenvalue weighted by Crippen LogP contribution is -1.89. The fraction of sp³-hybridized carbons (Fsp3) is 0. The maximum atomic E-state index is 11.8. The summed E-state index contributed by atoms with van der Waals surface area (Å²) >= 11 is 0. The van der Waals surface area contributed by atoms with E-state index in [1.165, 1.54) is 0 Å². The van der Waals surface area contributed by atoms with Crippen LogP contribution in [0.4, 0.5) is 0 Å². The zero-order valence-corrected chi connectivity index (χ0v) is 7.49. The Kier molecular flexibility index (Phi) is 1.24. The molecular formula is C9H6N2OS. The smallest absolute Gasteiger partial charge is 0.208 e. The van der Waals surface area contributed by atoms with Crippen molar-refractivity contribution in [1.82, 2.24) is 9.55 Å². The van der Waals surface area contributed by atoms with Crippen LogP contribution in [0.2, 0.25) is 0 Å². The van der Waals surface area contributed by atoms with Gasteiger partial charge in [-0.2, -0.15) is 0 Å². The summed E-state index contributed by atoms with van der Waals surface area (Å²) in [5, 5.41) is 0.626. The third kappa shape index (κ3) is 0.781. The molecule has 13 heavy (non-hydrogen) atoms. The van der Waals surface area contributed by atoms with Crippen molar-refractivity contribution >= 4 is 10.8 Å². The molecule has 1 aliphatic heterocycles. The second-order valence-corrected chi connectivity index (χ2v) is 4.16. The van der Waals surface area contributed by atoms with Crippen molar-refractivity contribution < 1.29 is 4.21 Å². The number of rotatable bonds is 0. The van der Waals surface area contributed by atoms with Gasteiger partial charge in [0.15, 0.2) is 0 Å². The predicted molar refractivity (Wildman–Crippen MR) is 48.2 cm³/mol. The first kappa shape index (κ1) is 7.03. The maximum Gasteiger partial charge on any atom is 0.208 e. The Morgan fingerprint density at radius 1 is 1.31 bits per heavy atom. The first-order chi connectivity index (χ1) is 6.38. The average molecular weight is 190 g/mol. The Morgan fingerprint density at radius 2 is 2.15 bits per heavy atom. The van der Waals surface area contributed by atoms with Crippen molar-refractivity contribution in [2.75, 3.05) is 0 Å². The lowest BCUT2D eigenvalue weighted by atomic mass is 10.3. The van der Waals surface area contributed by atoms with Gasteiger partial charge < -0.3 is 0 Å². The molecule has 1 aliphatic rings. The van der Waals surface area contributed by atoms with Crippen molar-refractivity contribution in [1.29, 1.82) is 0 Å². The second-order valence-electron chi connectivity index (χ2n) is 2.82. The van der Waals surface area contributed by atoms with Crippen LogP contribution >= 0.6 is 0 Å². The fourth-order valence-corrected chi connectivity index (χ4v) is 2.77. The summed E-state index contributed by atoms with van der Waals surface area (Å²) in [5.74, 6) is 0. The zero-order valence-electron chi connectivity index (χ0n) is 6.68. The van der Waals surface area contributed by atoms with E-state index in [4.69, 9.17) is 0 Å². The van der Waals surface area contributed by atoms with Gasteiger partial charge in [-0.1, -0.05) is 12.1 Å². The molecule has 1 aromatic heterocycles. The van der Waals surface area contributed by atoms with Crippen LogP contribution in [-0.2, 0) is 10.8 Å². The molecule has 0 aliphatic carbocycles. The third-order valence-corrected chi connectivity index (χ3v) is 3.48. The molecule has 1 unspecified atom stereocenters.